The lowest BCUT2D eigenvalue weighted by atomic mass is 10.2. The average molecular weight is 221 g/mol. The zero-order valence-corrected chi connectivity index (χ0v) is 8.61. The van der Waals surface area contributed by atoms with Crippen LogP contribution in [0.5, 0.6) is 0 Å². The fourth-order valence-corrected chi connectivity index (χ4v) is 1.22. The molecule has 2 heteroatoms. The molecule has 0 spiro atoms. The summed E-state index contributed by atoms with van der Waals surface area (Å²) in [7, 11) is 0. The van der Waals surface area contributed by atoms with Gasteiger partial charge in [0.05, 0.1) is 6.61 Å². The first-order chi connectivity index (χ1) is 5.41. The molecule has 0 saturated carbocycles. The molecule has 0 bridgehead atoms. The Morgan fingerprint density at radius 3 is 2.55 bits per heavy atom. The molecule has 1 nitrogen and oxygen atoms in total. The Morgan fingerprint density at radius 2 is 1.91 bits per heavy atom. The van der Waals surface area contributed by atoms with Gasteiger partial charge in [-0.3, -0.25) is 0 Å². The largest absolute Gasteiger partial charge is 0.377 e. The lowest BCUT2D eigenvalue weighted by molar-refractivity contribution is 0.157. The first-order valence-corrected chi connectivity index (χ1v) is 5.28. The van der Waals surface area contributed by atoms with Gasteiger partial charge in [0.1, 0.15) is 0 Å². The lowest BCUT2D eigenvalue weighted by Gasteiger charge is -1.99. The van der Waals surface area contributed by atoms with E-state index in [-0.39, 0.29) is 0 Å². The van der Waals surface area contributed by atoms with E-state index in [9.17, 15) is 0 Å². The van der Waals surface area contributed by atoms with Crippen molar-refractivity contribution < 1.29 is 4.74 Å². The summed E-state index contributed by atoms with van der Waals surface area (Å²) >= 11 is 3.40. The van der Waals surface area contributed by atoms with Crippen molar-refractivity contribution in [1.82, 2.24) is 0 Å². The molecule has 0 amide bonds. The van der Waals surface area contributed by atoms with Crippen molar-refractivity contribution in [1.29, 1.82) is 0 Å². The van der Waals surface area contributed by atoms with Crippen LogP contribution in [0, 0.1) is 0 Å². The van der Waals surface area contributed by atoms with Crippen LogP contribution >= 0.6 is 15.9 Å². The fourth-order valence-electron chi connectivity index (χ4n) is 0.819. The van der Waals surface area contributed by atoms with E-state index in [1.807, 2.05) is 0 Å². The Bertz CT molecular complexity index is 83.6. The number of unbranched alkanes of at least 4 members (excludes halogenated alkanes) is 3. The summed E-state index contributed by atoms with van der Waals surface area (Å²) in [4.78, 5) is 0. The van der Waals surface area contributed by atoms with Crippen molar-refractivity contribution in [2.75, 3.05) is 18.5 Å². The molecule has 0 aromatic carbocycles. The Balaban J connectivity index is 2.74. The number of halogens is 1. The molecule has 0 aliphatic carbocycles. The molecule has 0 aromatic heterocycles. The molecule has 0 aliphatic rings. The summed E-state index contributed by atoms with van der Waals surface area (Å²) in [5.41, 5.74) is 0. The maximum absolute atomic E-state index is 5.23. The predicted octanol–water partition coefficient (Wildman–Crippen LogP) is 3.14. The van der Waals surface area contributed by atoms with Gasteiger partial charge in [-0.2, -0.15) is 0 Å². The SMILES string of the molecule is C=CCOCCCCCCBr. The highest BCUT2D eigenvalue weighted by Crippen LogP contribution is 2.01. The maximum Gasteiger partial charge on any atom is 0.0644 e. The van der Waals surface area contributed by atoms with Crippen LogP contribution in [0.25, 0.3) is 0 Å². The average Bonchev–Trinajstić information content (AvgIpc) is 2.03. The van der Waals surface area contributed by atoms with E-state index in [0.717, 1.165) is 11.9 Å². The highest BCUT2D eigenvalue weighted by Gasteiger charge is 1.88. The molecule has 0 unspecified atom stereocenters. The van der Waals surface area contributed by atoms with Crippen LogP contribution in [-0.2, 0) is 4.74 Å². The van der Waals surface area contributed by atoms with Crippen LogP contribution < -0.4 is 0 Å². The highest BCUT2D eigenvalue weighted by atomic mass is 79.9. The third-order valence-electron chi connectivity index (χ3n) is 1.41. The van der Waals surface area contributed by atoms with Gasteiger partial charge in [0.15, 0.2) is 0 Å². The summed E-state index contributed by atoms with van der Waals surface area (Å²) in [6.07, 6.45) is 6.84. The van der Waals surface area contributed by atoms with E-state index in [1.54, 1.807) is 6.08 Å². The molecule has 0 rings (SSSR count). The molecular weight excluding hydrogens is 204 g/mol. The van der Waals surface area contributed by atoms with Gasteiger partial charge >= 0.3 is 0 Å². The first-order valence-electron chi connectivity index (χ1n) is 4.16. The van der Waals surface area contributed by atoms with Gasteiger partial charge in [-0.1, -0.05) is 34.8 Å². The third-order valence-corrected chi connectivity index (χ3v) is 1.97. The summed E-state index contributed by atoms with van der Waals surface area (Å²) in [6, 6.07) is 0. The number of ether oxygens (including phenoxy) is 1. The number of hydrogen-bond acceptors (Lipinski definition) is 1. The van der Waals surface area contributed by atoms with Gasteiger partial charge in [0.2, 0.25) is 0 Å². The van der Waals surface area contributed by atoms with Gasteiger partial charge in [-0.25, -0.2) is 0 Å². The standard InChI is InChI=1S/C9H17BrO/c1-2-8-11-9-6-4-3-5-7-10/h2H,1,3-9H2. The molecule has 0 N–H and O–H groups in total. The summed E-state index contributed by atoms with van der Waals surface area (Å²) in [5, 5.41) is 1.13. The van der Waals surface area contributed by atoms with E-state index >= 15 is 0 Å². The normalized spacial score (nSPS) is 9.91. The molecule has 66 valence electrons. The summed E-state index contributed by atoms with van der Waals surface area (Å²) < 4.78 is 5.23. The predicted molar refractivity (Wildman–Crippen MR) is 53.3 cm³/mol. The monoisotopic (exact) mass is 220 g/mol. The molecule has 0 fully saturated rings. The van der Waals surface area contributed by atoms with Crippen LogP contribution in [0.3, 0.4) is 0 Å². The summed E-state index contributed by atoms with van der Waals surface area (Å²) in [5.74, 6) is 0. The van der Waals surface area contributed by atoms with Crippen molar-refractivity contribution in [2.24, 2.45) is 0 Å². The molecular formula is C9H17BrO. The molecule has 0 saturated heterocycles. The van der Waals surface area contributed by atoms with E-state index in [2.05, 4.69) is 22.5 Å². The molecule has 0 radical (unpaired) electrons. The van der Waals surface area contributed by atoms with E-state index in [1.165, 1.54) is 25.7 Å². The second-order valence-corrected chi connectivity index (χ2v) is 3.26. The minimum atomic E-state index is 0.693. The van der Waals surface area contributed by atoms with Crippen LogP contribution in [0.2, 0.25) is 0 Å². The van der Waals surface area contributed by atoms with Crippen molar-refractivity contribution in [3.05, 3.63) is 12.7 Å². The minimum Gasteiger partial charge on any atom is -0.377 e. The number of hydrogen-bond donors (Lipinski definition) is 0. The van der Waals surface area contributed by atoms with Crippen LogP contribution in [0.4, 0.5) is 0 Å². The van der Waals surface area contributed by atoms with Crippen molar-refractivity contribution >= 4 is 15.9 Å². The van der Waals surface area contributed by atoms with Gasteiger partial charge in [-0.05, 0) is 12.8 Å². The molecule has 0 heterocycles. The second-order valence-electron chi connectivity index (χ2n) is 2.47. The van der Waals surface area contributed by atoms with E-state index in [4.69, 9.17) is 4.74 Å². The Morgan fingerprint density at radius 1 is 1.18 bits per heavy atom. The second kappa shape index (κ2) is 10.2. The van der Waals surface area contributed by atoms with E-state index < -0.39 is 0 Å². The Hall–Kier alpha value is 0.180. The van der Waals surface area contributed by atoms with Gasteiger partial charge < -0.3 is 4.74 Å². The van der Waals surface area contributed by atoms with Crippen LogP contribution in [0.1, 0.15) is 25.7 Å². The van der Waals surface area contributed by atoms with E-state index in [0.29, 0.717) is 6.61 Å². The highest BCUT2D eigenvalue weighted by molar-refractivity contribution is 9.09. The van der Waals surface area contributed by atoms with Gasteiger partial charge in [0, 0.05) is 11.9 Å². The zero-order valence-electron chi connectivity index (χ0n) is 7.02. The quantitative estimate of drug-likeness (QED) is 0.347. The minimum absolute atomic E-state index is 0.693. The van der Waals surface area contributed by atoms with Crippen LogP contribution in [0.15, 0.2) is 12.7 Å². The number of rotatable bonds is 8. The van der Waals surface area contributed by atoms with Crippen molar-refractivity contribution in [2.45, 2.75) is 25.7 Å². The summed E-state index contributed by atoms with van der Waals surface area (Å²) in [6.45, 7) is 5.15. The smallest absolute Gasteiger partial charge is 0.0644 e. The lowest BCUT2D eigenvalue weighted by Crippen LogP contribution is -1.93. The molecule has 0 atom stereocenters. The molecule has 0 aliphatic heterocycles. The van der Waals surface area contributed by atoms with Crippen molar-refractivity contribution in [3.8, 4) is 0 Å². The molecule has 11 heavy (non-hydrogen) atoms. The first kappa shape index (κ1) is 11.2. The Kier molecular flexibility index (Phi) is 10.3. The van der Waals surface area contributed by atoms with Gasteiger partial charge in [-0.15, -0.1) is 6.58 Å². The maximum atomic E-state index is 5.23. The fraction of sp³-hybridized carbons (Fsp3) is 0.778. The van der Waals surface area contributed by atoms with Gasteiger partial charge in [0.25, 0.3) is 0 Å². The third kappa shape index (κ3) is 10.2. The molecule has 0 aromatic rings. The number of alkyl halides is 1. The van der Waals surface area contributed by atoms with Crippen LogP contribution in [-0.4, -0.2) is 18.5 Å². The van der Waals surface area contributed by atoms with Crippen molar-refractivity contribution in [3.63, 3.8) is 0 Å². The Labute approximate surface area is 78.0 Å². The zero-order chi connectivity index (χ0) is 8.36. The topological polar surface area (TPSA) is 9.23 Å².